The van der Waals surface area contributed by atoms with Crippen LogP contribution in [-0.4, -0.2) is 75.2 Å². The van der Waals surface area contributed by atoms with Crippen molar-refractivity contribution in [2.75, 3.05) is 59.4 Å². The normalized spacial score (nSPS) is 20.0. The highest BCUT2D eigenvalue weighted by atomic mass is 127. The van der Waals surface area contributed by atoms with Gasteiger partial charge in [-0.2, -0.15) is 0 Å². The first-order chi connectivity index (χ1) is 12.6. The third-order valence-electron chi connectivity index (χ3n) is 5.74. The lowest BCUT2D eigenvalue weighted by molar-refractivity contribution is 0.139. The predicted molar refractivity (Wildman–Crippen MR) is 121 cm³/mol. The molecule has 0 radical (unpaired) electrons. The van der Waals surface area contributed by atoms with Crippen LogP contribution in [0.4, 0.5) is 4.39 Å². The molecule has 1 saturated carbocycles. The molecule has 0 amide bonds. The van der Waals surface area contributed by atoms with Gasteiger partial charge in [0.25, 0.3) is 0 Å². The molecule has 1 aliphatic carbocycles. The van der Waals surface area contributed by atoms with Gasteiger partial charge in [0.1, 0.15) is 5.82 Å². The van der Waals surface area contributed by atoms with Crippen molar-refractivity contribution in [3.8, 4) is 0 Å². The standard InChI is InChI=1S/C20H32FN5.HI/c1-3-25-11-13-26(14-12-25)10-9-23-19(22-2)24-16-20(7-8-20)17-5-4-6-18(21)15-17;/h4-6,15H,3,7-14,16H2,1-2H3,(H2,22,23,24);1H. The van der Waals surface area contributed by atoms with Gasteiger partial charge in [-0.15, -0.1) is 24.0 Å². The third kappa shape index (κ3) is 6.29. The highest BCUT2D eigenvalue weighted by Gasteiger charge is 2.44. The van der Waals surface area contributed by atoms with Crippen LogP contribution in [0.2, 0.25) is 0 Å². The summed E-state index contributed by atoms with van der Waals surface area (Å²) in [5.41, 5.74) is 1.16. The fraction of sp³-hybridized carbons (Fsp3) is 0.650. The van der Waals surface area contributed by atoms with E-state index in [9.17, 15) is 4.39 Å². The van der Waals surface area contributed by atoms with Gasteiger partial charge in [-0.25, -0.2) is 4.39 Å². The van der Waals surface area contributed by atoms with Crippen molar-refractivity contribution >= 4 is 29.9 Å². The van der Waals surface area contributed by atoms with Gasteiger partial charge in [0.15, 0.2) is 5.96 Å². The molecular weight excluding hydrogens is 456 g/mol. The molecular formula is C20H33FIN5. The molecule has 27 heavy (non-hydrogen) atoms. The zero-order valence-corrected chi connectivity index (χ0v) is 18.8. The molecule has 1 aliphatic heterocycles. The number of piperazine rings is 1. The fourth-order valence-corrected chi connectivity index (χ4v) is 3.67. The first-order valence-electron chi connectivity index (χ1n) is 9.80. The molecule has 1 heterocycles. The Morgan fingerprint density at radius 2 is 1.85 bits per heavy atom. The van der Waals surface area contributed by atoms with Gasteiger partial charge < -0.3 is 15.5 Å². The molecule has 1 aromatic carbocycles. The number of nitrogens with zero attached hydrogens (tertiary/aromatic N) is 3. The average molecular weight is 489 g/mol. The lowest BCUT2D eigenvalue weighted by Crippen LogP contribution is -2.49. The number of benzene rings is 1. The molecule has 7 heteroatoms. The molecule has 2 aliphatic rings. The Hall–Kier alpha value is -0.930. The first-order valence-corrected chi connectivity index (χ1v) is 9.80. The van der Waals surface area contributed by atoms with E-state index in [0.717, 1.165) is 63.6 Å². The largest absolute Gasteiger partial charge is 0.356 e. The topological polar surface area (TPSA) is 42.9 Å². The summed E-state index contributed by atoms with van der Waals surface area (Å²) in [5.74, 6) is 0.680. The summed E-state index contributed by atoms with van der Waals surface area (Å²) in [7, 11) is 1.80. The summed E-state index contributed by atoms with van der Waals surface area (Å²) in [5, 5.41) is 6.85. The van der Waals surface area contributed by atoms with Crippen molar-refractivity contribution in [3.05, 3.63) is 35.6 Å². The minimum absolute atomic E-state index is 0. The predicted octanol–water partition coefficient (Wildman–Crippen LogP) is 2.28. The zero-order chi connectivity index (χ0) is 18.4. The van der Waals surface area contributed by atoms with E-state index in [-0.39, 0.29) is 35.2 Å². The number of hydrogen-bond acceptors (Lipinski definition) is 3. The van der Waals surface area contributed by atoms with Crippen LogP contribution in [0.5, 0.6) is 0 Å². The van der Waals surface area contributed by atoms with Crippen LogP contribution in [-0.2, 0) is 5.41 Å². The van der Waals surface area contributed by atoms with E-state index in [1.165, 1.54) is 19.2 Å². The molecule has 0 aromatic heterocycles. The van der Waals surface area contributed by atoms with Gasteiger partial charge >= 0.3 is 0 Å². The average Bonchev–Trinajstić information content (AvgIpc) is 3.46. The molecule has 1 aromatic rings. The van der Waals surface area contributed by atoms with E-state index in [0.29, 0.717) is 0 Å². The van der Waals surface area contributed by atoms with Gasteiger partial charge in [-0.1, -0.05) is 19.1 Å². The van der Waals surface area contributed by atoms with Crippen LogP contribution >= 0.6 is 24.0 Å². The summed E-state index contributed by atoms with van der Waals surface area (Å²) in [4.78, 5) is 9.33. The van der Waals surface area contributed by atoms with Crippen LogP contribution in [0.25, 0.3) is 0 Å². The number of nitrogens with one attached hydrogen (secondary N) is 2. The van der Waals surface area contributed by atoms with Crippen LogP contribution in [0.3, 0.4) is 0 Å². The third-order valence-corrected chi connectivity index (χ3v) is 5.74. The Kier molecular flexibility index (Phi) is 8.75. The molecule has 1 saturated heterocycles. The maximum Gasteiger partial charge on any atom is 0.191 e. The molecule has 3 rings (SSSR count). The van der Waals surface area contributed by atoms with E-state index in [1.807, 2.05) is 6.07 Å². The summed E-state index contributed by atoms with van der Waals surface area (Å²) in [6.45, 7) is 10.7. The van der Waals surface area contributed by atoms with Crippen LogP contribution in [0.1, 0.15) is 25.3 Å². The van der Waals surface area contributed by atoms with Crippen molar-refractivity contribution in [2.45, 2.75) is 25.2 Å². The Morgan fingerprint density at radius 1 is 1.15 bits per heavy atom. The number of likely N-dealkylation sites (N-methyl/N-ethyl adjacent to an activating group) is 1. The van der Waals surface area contributed by atoms with Crippen LogP contribution < -0.4 is 10.6 Å². The maximum absolute atomic E-state index is 13.5. The maximum atomic E-state index is 13.5. The van der Waals surface area contributed by atoms with Crippen molar-refractivity contribution in [2.24, 2.45) is 4.99 Å². The Balaban J connectivity index is 0.00000261. The molecule has 0 atom stereocenters. The second-order valence-electron chi connectivity index (χ2n) is 7.42. The number of rotatable bonds is 7. The van der Waals surface area contributed by atoms with Crippen molar-refractivity contribution in [3.63, 3.8) is 0 Å². The van der Waals surface area contributed by atoms with E-state index in [4.69, 9.17) is 0 Å². The quantitative estimate of drug-likeness (QED) is 0.351. The summed E-state index contributed by atoms with van der Waals surface area (Å²) >= 11 is 0. The number of guanidine groups is 1. The van der Waals surface area contributed by atoms with Crippen LogP contribution in [0, 0.1) is 5.82 Å². The number of hydrogen-bond donors (Lipinski definition) is 2. The monoisotopic (exact) mass is 489 g/mol. The summed E-state index contributed by atoms with van der Waals surface area (Å²) in [6.07, 6.45) is 2.20. The van der Waals surface area contributed by atoms with E-state index in [1.54, 1.807) is 19.2 Å². The van der Waals surface area contributed by atoms with Gasteiger partial charge in [0, 0.05) is 58.3 Å². The van der Waals surface area contributed by atoms with E-state index >= 15 is 0 Å². The Labute approximate surface area is 179 Å². The molecule has 152 valence electrons. The minimum Gasteiger partial charge on any atom is -0.356 e. The number of aliphatic imine (C=N–C) groups is 1. The van der Waals surface area contributed by atoms with E-state index in [2.05, 4.69) is 32.3 Å². The first kappa shape index (κ1) is 22.4. The second kappa shape index (κ2) is 10.6. The highest BCUT2D eigenvalue weighted by molar-refractivity contribution is 14.0. The van der Waals surface area contributed by atoms with E-state index < -0.39 is 0 Å². The SMILES string of the molecule is CCN1CCN(CCNC(=NC)NCC2(c3cccc(F)c3)CC2)CC1.I. The van der Waals surface area contributed by atoms with Crippen molar-refractivity contribution < 1.29 is 4.39 Å². The lowest BCUT2D eigenvalue weighted by Gasteiger charge is -2.34. The zero-order valence-electron chi connectivity index (χ0n) is 16.5. The molecule has 2 fully saturated rings. The molecule has 0 bridgehead atoms. The summed E-state index contributed by atoms with van der Waals surface area (Å²) in [6, 6.07) is 7.01. The van der Waals surface area contributed by atoms with Crippen LogP contribution in [0.15, 0.2) is 29.3 Å². The molecule has 0 unspecified atom stereocenters. The molecule has 0 spiro atoms. The smallest absolute Gasteiger partial charge is 0.191 e. The van der Waals surface area contributed by atoms with Gasteiger partial charge in [0.05, 0.1) is 0 Å². The summed E-state index contributed by atoms with van der Waals surface area (Å²) < 4.78 is 13.5. The van der Waals surface area contributed by atoms with Gasteiger partial charge in [-0.3, -0.25) is 9.89 Å². The second-order valence-corrected chi connectivity index (χ2v) is 7.42. The van der Waals surface area contributed by atoms with Crippen molar-refractivity contribution in [1.82, 2.24) is 20.4 Å². The van der Waals surface area contributed by atoms with Crippen molar-refractivity contribution in [1.29, 1.82) is 0 Å². The number of halogens is 2. The fourth-order valence-electron chi connectivity index (χ4n) is 3.67. The Morgan fingerprint density at radius 3 is 2.44 bits per heavy atom. The Bertz CT molecular complexity index is 612. The molecule has 5 nitrogen and oxygen atoms in total. The lowest BCUT2D eigenvalue weighted by atomic mass is 9.96. The highest BCUT2D eigenvalue weighted by Crippen LogP contribution is 2.47. The van der Waals surface area contributed by atoms with Gasteiger partial charge in [0.2, 0.25) is 0 Å². The van der Waals surface area contributed by atoms with Gasteiger partial charge in [-0.05, 0) is 37.1 Å². The minimum atomic E-state index is -0.153. The molecule has 2 N–H and O–H groups in total.